The third kappa shape index (κ3) is 4.63. The molecule has 1 fully saturated rings. The van der Waals surface area contributed by atoms with E-state index in [1.807, 2.05) is 36.4 Å². The van der Waals surface area contributed by atoms with Crippen molar-refractivity contribution in [2.45, 2.75) is 12.8 Å². The maximum Gasteiger partial charge on any atom is 0.241 e. The first-order valence-electron chi connectivity index (χ1n) is 8.24. The molecule has 1 aliphatic rings. The zero-order valence-corrected chi connectivity index (χ0v) is 15.0. The summed E-state index contributed by atoms with van der Waals surface area (Å²) in [4.78, 5) is 27.0. The van der Waals surface area contributed by atoms with E-state index < -0.39 is 0 Å². The molecule has 3 rings (SSSR count). The Bertz CT molecular complexity index is 732. The second-order valence-electron chi connectivity index (χ2n) is 6.03. The van der Waals surface area contributed by atoms with E-state index in [1.165, 1.54) is 0 Å². The second-order valence-corrected chi connectivity index (χ2v) is 6.99. The number of aryl methyl sites for hydroxylation is 1. The number of benzene rings is 1. The molecule has 0 atom stereocenters. The molecule has 0 N–H and O–H groups in total. The van der Waals surface area contributed by atoms with Crippen LogP contribution in [0, 0.1) is 0 Å². The van der Waals surface area contributed by atoms with Gasteiger partial charge in [-0.25, -0.2) is 0 Å². The molecule has 0 radical (unpaired) electrons. The van der Waals surface area contributed by atoms with Gasteiger partial charge in [0.15, 0.2) is 0 Å². The lowest BCUT2D eigenvalue weighted by Crippen LogP contribution is -2.39. The SMILES string of the molecule is CN(CCCc1cc(-c2ccccc2)no1)C(=O)CN1CSCC1=O. The number of amides is 2. The minimum Gasteiger partial charge on any atom is -0.361 e. The van der Waals surface area contributed by atoms with Gasteiger partial charge >= 0.3 is 0 Å². The molecule has 1 aliphatic heterocycles. The van der Waals surface area contributed by atoms with Gasteiger partial charge in [0, 0.05) is 31.6 Å². The average molecular weight is 359 g/mol. The van der Waals surface area contributed by atoms with Crippen molar-refractivity contribution in [1.82, 2.24) is 15.0 Å². The highest BCUT2D eigenvalue weighted by atomic mass is 32.2. The Morgan fingerprint density at radius 2 is 2.16 bits per heavy atom. The van der Waals surface area contributed by atoms with Gasteiger partial charge in [-0.05, 0) is 6.42 Å². The Kier molecular flexibility index (Phi) is 5.75. The topological polar surface area (TPSA) is 66.7 Å². The van der Waals surface area contributed by atoms with E-state index in [0.717, 1.165) is 29.9 Å². The summed E-state index contributed by atoms with van der Waals surface area (Å²) >= 11 is 1.55. The minimum absolute atomic E-state index is 0.0293. The lowest BCUT2D eigenvalue weighted by molar-refractivity contribution is -0.137. The fraction of sp³-hybridized carbons (Fsp3) is 0.389. The van der Waals surface area contributed by atoms with Crippen LogP contribution < -0.4 is 0 Å². The van der Waals surface area contributed by atoms with E-state index in [9.17, 15) is 9.59 Å². The van der Waals surface area contributed by atoms with Crippen molar-refractivity contribution in [3.05, 3.63) is 42.2 Å². The van der Waals surface area contributed by atoms with E-state index in [2.05, 4.69) is 5.16 Å². The van der Waals surface area contributed by atoms with E-state index in [4.69, 9.17) is 4.52 Å². The predicted molar refractivity (Wildman–Crippen MR) is 96.9 cm³/mol. The van der Waals surface area contributed by atoms with Crippen molar-refractivity contribution in [2.24, 2.45) is 0 Å². The highest BCUT2D eigenvalue weighted by molar-refractivity contribution is 8.00. The summed E-state index contributed by atoms with van der Waals surface area (Å²) in [6.45, 7) is 0.790. The van der Waals surface area contributed by atoms with Crippen LogP contribution in [0.2, 0.25) is 0 Å². The van der Waals surface area contributed by atoms with Crippen molar-refractivity contribution in [3.63, 3.8) is 0 Å². The van der Waals surface area contributed by atoms with Crippen molar-refractivity contribution in [1.29, 1.82) is 0 Å². The standard InChI is InChI=1S/C18H21N3O3S/c1-20(17(22)11-21-13-25-12-18(21)23)9-5-8-15-10-16(19-24-15)14-6-3-2-4-7-14/h2-4,6-7,10H,5,8-9,11-13H2,1H3. The van der Waals surface area contributed by atoms with Gasteiger partial charge in [-0.3, -0.25) is 9.59 Å². The Labute approximate surface area is 151 Å². The molecule has 6 nitrogen and oxygen atoms in total. The molecule has 1 saturated heterocycles. The summed E-state index contributed by atoms with van der Waals surface area (Å²) in [6, 6.07) is 11.8. The van der Waals surface area contributed by atoms with Crippen LogP contribution in [0.3, 0.4) is 0 Å². The lowest BCUT2D eigenvalue weighted by Gasteiger charge is -2.20. The van der Waals surface area contributed by atoms with Crippen LogP contribution in [0.25, 0.3) is 11.3 Å². The van der Waals surface area contributed by atoms with Crippen molar-refractivity contribution in [3.8, 4) is 11.3 Å². The van der Waals surface area contributed by atoms with E-state index in [0.29, 0.717) is 18.2 Å². The molecule has 1 aromatic carbocycles. The van der Waals surface area contributed by atoms with Gasteiger partial charge in [-0.15, -0.1) is 11.8 Å². The predicted octanol–water partition coefficient (Wildman–Crippen LogP) is 2.27. The highest BCUT2D eigenvalue weighted by Gasteiger charge is 2.24. The maximum atomic E-state index is 12.2. The van der Waals surface area contributed by atoms with Gasteiger partial charge in [-0.1, -0.05) is 35.5 Å². The normalized spacial score (nSPS) is 14.1. The molecular formula is C18H21N3O3S. The molecule has 0 saturated carbocycles. The Morgan fingerprint density at radius 1 is 1.36 bits per heavy atom. The summed E-state index contributed by atoms with van der Waals surface area (Å²) in [7, 11) is 1.77. The summed E-state index contributed by atoms with van der Waals surface area (Å²) in [5.74, 6) is 1.91. The average Bonchev–Trinajstić information content (AvgIpc) is 3.25. The van der Waals surface area contributed by atoms with Gasteiger partial charge < -0.3 is 14.3 Å². The molecule has 0 aliphatic carbocycles. The molecule has 0 spiro atoms. The summed E-state index contributed by atoms with van der Waals surface area (Å²) in [5.41, 5.74) is 1.85. The minimum atomic E-state index is -0.0293. The molecule has 25 heavy (non-hydrogen) atoms. The first-order valence-corrected chi connectivity index (χ1v) is 9.39. The Balaban J connectivity index is 1.44. The first-order chi connectivity index (χ1) is 12.1. The highest BCUT2D eigenvalue weighted by Crippen LogP contribution is 2.19. The second kappa shape index (κ2) is 8.20. The monoisotopic (exact) mass is 359 g/mol. The van der Waals surface area contributed by atoms with Crippen LogP contribution in [-0.4, -0.2) is 58.5 Å². The summed E-state index contributed by atoms with van der Waals surface area (Å²) in [5, 5.41) is 4.09. The molecule has 2 aromatic rings. The zero-order valence-electron chi connectivity index (χ0n) is 14.2. The van der Waals surface area contributed by atoms with Gasteiger partial charge in [0.2, 0.25) is 11.8 Å². The third-order valence-corrected chi connectivity index (χ3v) is 5.07. The summed E-state index contributed by atoms with van der Waals surface area (Å²) < 4.78 is 5.37. The van der Waals surface area contributed by atoms with Crippen LogP contribution in [0.5, 0.6) is 0 Å². The van der Waals surface area contributed by atoms with Crippen LogP contribution in [0.4, 0.5) is 0 Å². The van der Waals surface area contributed by atoms with E-state index in [-0.39, 0.29) is 18.4 Å². The Hall–Kier alpha value is -2.28. The first kappa shape index (κ1) is 17.5. The third-order valence-electron chi connectivity index (χ3n) is 4.12. The smallest absolute Gasteiger partial charge is 0.241 e. The number of aromatic nitrogens is 1. The lowest BCUT2D eigenvalue weighted by atomic mass is 10.1. The quantitative estimate of drug-likeness (QED) is 0.759. The zero-order chi connectivity index (χ0) is 17.6. The number of hydrogen-bond donors (Lipinski definition) is 0. The number of likely N-dealkylation sites (N-methyl/N-ethyl adjacent to an activating group) is 1. The van der Waals surface area contributed by atoms with Gasteiger partial charge in [0.05, 0.1) is 11.6 Å². The van der Waals surface area contributed by atoms with Crippen LogP contribution >= 0.6 is 11.8 Å². The molecule has 0 bridgehead atoms. The van der Waals surface area contributed by atoms with Gasteiger partial charge in [0.1, 0.15) is 18.0 Å². The van der Waals surface area contributed by atoms with Crippen LogP contribution in [0.1, 0.15) is 12.2 Å². The molecule has 7 heteroatoms. The number of hydrogen-bond acceptors (Lipinski definition) is 5. The molecule has 1 aromatic heterocycles. The fourth-order valence-electron chi connectivity index (χ4n) is 2.62. The van der Waals surface area contributed by atoms with Crippen molar-refractivity contribution in [2.75, 3.05) is 31.8 Å². The largest absolute Gasteiger partial charge is 0.361 e. The molecule has 2 heterocycles. The molecule has 0 unspecified atom stereocenters. The van der Waals surface area contributed by atoms with Crippen LogP contribution in [0.15, 0.2) is 40.9 Å². The fourth-order valence-corrected chi connectivity index (χ4v) is 3.52. The maximum absolute atomic E-state index is 12.2. The molecular weight excluding hydrogens is 338 g/mol. The number of thioether (sulfide) groups is 1. The Morgan fingerprint density at radius 3 is 2.88 bits per heavy atom. The van der Waals surface area contributed by atoms with Crippen molar-refractivity contribution >= 4 is 23.6 Å². The number of carbonyl (C=O) groups excluding carboxylic acids is 2. The summed E-state index contributed by atoms with van der Waals surface area (Å²) in [6.07, 6.45) is 1.50. The number of carbonyl (C=O) groups is 2. The number of nitrogens with zero attached hydrogens (tertiary/aromatic N) is 3. The van der Waals surface area contributed by atoms with Crippen LogP contribution in [-0.2, 0) is 16.0 Å². The van der Waals surface area contributed by atoms with Crippen molar-refractivity contribution < 1.29 is 14.1 Å². The number of rotatable bonds is 7. The van der Waals surface area contributed by atoms with Gasteiger partial charge in [0.25, 0.3) is 0 Å². The molecule has 132 valence electrons. The van der Waals surface area contributed by atoms with E-state index in [1.54, 1.807) is 28.6 Å². The molecule has 2 amide bonds. The van der Waals surface area contributed by atoms with E-state index >= 15 is 0 Å². The van der Waals surface area contributed by atoms with Gasteiger partial charge in [-0.2, -0.15) is 0 Å².